The molecule has 3 aromatic heterocycles. The lowest BCUT2D eigenvalue weighted by atomic mass is 10.3. The fourth-order valence-corrected chi connectivity index (χ4v) is 5.65. The Bertz CT molecular complexity index is 1620. The molecule has 6 rings (SSSR count). The minimum Gasteiger partial charge on any atom is -0.437 e. The summed E-state index contributed by atoms with van der Waals surface area (Å²) in [7, 11) is 0. The van der Waals surface area contributed by atoms with Crippen molar-refractivity contribution in [3.63, 3.8) is 0 Å². The number of ether oxygens (including phenoxy) is 2. The predicted octanol–water partition coefficient (Wildman–Crippen LogP) is 4.23. The highest BCUT2D eigenvalue weighted by molar-refractivity contribution is 7.99. The van der Waals surface area contributed by atoms with Crippen molar-refractivity contribution < 1.29 is 23.0 Å². The minimum atomic E-state index is -0.750. The number of amides is 1. The van der Waals surface area contributed by atoms with Crippen LogP contribution in [0.1, 0.15) is 0 Å². The number of anilines is 1. The molecule has 0 atom stereocenters. The van der Waals surface area contributed by atoms with Crippen LogP contribution >= 0.6 is 23.1 Å². The number of carbonyl (C=O) groups excluding carboxylic acids is 1. The van der Waals surface area contributed by atoms with E-state index >= 15 is 0 Å². The van der Waals surface area contributed by atoms with Crippen LogP contribution in [-0.2, 0) is 9.53 Å². The monoisotopic (exact) mass is 555 g/mol. The number of hydrogen-bond donors (Lipinski definition) is 1. The third-order valence-corrected chi connectivity index (χ3v) is 7.41. The van der Waals surface area contributed by atoms with Gasteiger partial charge in [0.1, 0.15) is 17.4 Å². The van der Waals surface area contributed by atoms with Gasteiger partial charge in [-0.25, -0.2) is 13.8 Å². The van der Waals surface area contributed by atoms with Gasteiger partial charge in [0.05, 0.1) is 30.0 Å². The first kappa shape index (κ1) is 24.6. The second-order valence-corrected chi connectivity index (χ2v) is 10.4. The largest absolute Gasteiger partial charge is 0.437 e. The van der Waals surface area contributed by atoms with E-state index < -0.39 is 11.6 Å². The van der Waals surface area contributed by atoms with Gasteiger partial charge in [0, 0.05) is 42.3 Å². The quantitative estimate of drug-likeness (QED) is 0.316. The van der Waals surface area contributed by atoms with Gasteiger partial charge in [-0.3, -0.25) is 9.69 Å². The fourth-order valence-electron chi connectivity index (χ4n) is 3.83. The van der Waals surface area contributed by atoms with E-state index in [1.54, 1.807) is 12.1 Å². The summed E-state index contributed by atoms with van der Waals surface area (Å²) in [5, 5.41) is 16.6. The molecule has 10 nitrogen and oxygen atoms in total. The highest BCUT2D eigenvalue weighted by Crippen LogP contribution is 2.33. The number of benzene rings is 2. The Morgan fingerprint density at radius 2 is 1.89 bits per heavy atom. The smallest absolute Gasteiger partial charge is 0.240 e. The fraction of sp³-hybridized carbons (Fsp3) is 0.208. The van der Waals surface area contributed by atoms with Gasteiger partial charge in [0.15, 0.2) is 10.8 Å². The molecule has 1 aliphatic rings. The zero-order chi connectivity index (χ0) is 26.1. The van der Waals surface area contributed by atoms with Crippen LogP contribution in [0.2, 0.25) is 0 Å². The molecule has 0 unspecified atom stereocenters. The van der Waals surface area contributed by atoms with Crippen molar-refractivity contribution in [1.82, 2.24) is 29.7 Å². The van der Waals surface area contributed by atoms with Crippen molar-refractivity contribution >= 4 is 50.0 Å². The van der Waals surface area contributed by atoms with Crippen molar-refractivity contribution in [2.45, 2.75) is 10.1 Å². The molecule has 5 aromatic rings. The van der Waals surface area contributed by atoms with Crippen LogP contribution in [0.5, 0.6) is 11.6 Å². The molecule has 4 heterocycles. The molecule has 0 saturated carbocycles. The molecule has 0 aliphatic carbocycles. The number of halogens is 2. The molecular formula is C24H19F2N7O3S2. The molecule has 194 valence electrons. The van der Waals surface area contributed by atoms with Gasteiger partial charge in [-0.1, -0.05) is 11.3 Å². The summed E-state index contributed by atoms with van der Waals surface area (Å²) < 4.78 is 40.3. The zero-order valence-corrected chi connectivity index (χ0v) is 21.3. The first-order chi connectivity index (χ1) is 18.5. The first-order valence-corrected chi connectivity index (χ1v) is 13.2. The normalized spacial score (nSPS) is 14.3. The molecular weight excluding hydrogens is 536 g/mol. The number of nitrogens with one attached hydrogen (secondary N) is 1. The third kappa shape index (κ3) is 5.57. The van der Waals surface area contributed by atoms with Gasteiger partial charge in [-0.2, -0.15) is 4.52 Å². The maximum absolute atomic E-state index is 13.5. The SMILES string of the molecule is O=C(CN1CCOCC1)Nc1nc2ccc(Sc3nnc4ccc(Oc5cc(F)cc(F)c5)nn34)cc2s1. The zero-order valence-electron chi connectivity index (χ0n) is 19.6. The van der Waals surface area contributed by atoms with Gasteiger partial charge in [0.25, 0.3) is 0 Å². The van der Waals surface area contributed by atoms with Crippen LogP contribution < -0.4 is 10.1 Å². The van der Waals surface area contributed by atoms with Crippen LogP contribution in [-0.4, -0.2) is 68.5 Å². The summed E-state index contributed by atoms with van der Waals surface area (Å²) in [6.07, 6.45) is 0. The molecule has 1 aliphatic heterocycles. The minimum absolute atomic E-state index is 0.0138. The molecule has 0 bridgehead atoms. The molecule has 1 N–H and O–H groups in total. The summed E-state index contributed by atoms with van der Waals surface area (Å²) in [6, 6.07) is 11.8. The van der Waals surface area contributed by atoms with E-state index in [0.29, 0.717) is 35.7 Å². The van der Waals surface area contributed by atoms with Crippen molar-refractivity contribution in [3.8, 4) is 11.6 Å². The van der Waals surface area contributed by atoms with E-state index in [4.69, 9.17) is 9.47 Å². The van der Waals surface area contributed by atoms with Crippen molar-refractivity contribution in [2.75, 3.05) is 38.2 Å². The van der Waals surface area contributed by atoms with Gasteiger partial charge in [0.2, 0.25) is 16.9 Å². The van der Waals surface area contributed by atoms with E-state index in [1.807, 2.05) is 23.1 Å². The number of morpholine rings is 1. The lowest BCUT2D eigenvalue weighted by Gasteiger charge is -2.25. The van der Waals surface area contributed by atoms with E-state index in [0.717, 1.165) is 46.4 Å². The molecule has 1 fully saturated rings. The first-order valence-electron chi connectivity index (χ1n) is 11.5. The van der Waals surface area contributed by atoms with Crippen molar-refractivity contribution in [3.05, 3.63) is 60.2 Å². The van der Waals surface area contributed by atoms with E-state index in [-0.39, 0.29) is 17.5 Å². The number of aromatic nitrogens is 5. The second kappa shape index (κ2) is 10.6. The van der Waals surface area contributed by atoms with Gasteiger partial charge in [-0.15, -0.1) is 15.3 Å². The summed E-state index contributed by atoms with van der Waals surface area (Å²) >= 11 is 2.71. The maximum Gasteiger partial charge on any atom is 0.240 e. The Morgan fingerprint density at radius 3 is 2.71 bits per heavy atom. The molecule has 38 heavy (non-hydrogen) atoms. The average Bonchev–Trinajstić information content (AvgIpc) is 3.47. The molecule has 2 aromatic carbocycles. The Balaban J connectivity index is 1.17. The topological polar surface area (TPSA) is 107 Å². The number of carbonyl (C=O) groups is 1. The second-order valence-electron chi connectivity index (χ2n) is 8.32. The molecule has 0 radical (unpaired) electrons. The highest BCUT2D eigenvalue weighted by atomic mass is 32.2. The van der Waals surface area contributed by atoms with Gasteiger partial charge >= 0.3 is 0 Å². The Morgan fingerprint density at radius 1 is 1.08 bits per heavy atom. The summed E-state index contributed by atoms with van der Waals surface area (Å²) in [5.74, 6) is -1.50. The number of rotatable bonds is 7. The highest BCUT2D eigenvalue weighted by Gasteiger charge is 2.16. The number of hydrogen-bond acceptors (Lipinski definition) is 10. The van der Waals surface area contributed by atoms with Gasteiger partial charge < -0.3 is 14.8 Å². The Labute approximate surface area is 222 Å². The molecule has 1 amide bonds. The predicted molar refractivity (Wildman–Crippen MR) is 137 cm³/mol. The van der Waals surface area contributed by atoms with E-state index in [1.165, 1.54) is 27.6 Å². The lowest BCUT2D eigenvalue weighted by molar-refractivity contribution is -0.118. The van der Waals surface area contributed by atoms with Crippen LogP contribution in [0.25, 0.3) is 15.9 Å². The Hall–Kier alpha value is -3.72. The summed E-state index contributed by atoms with van der Waals surface area (Å²) in [5.41, 5.74) is 1.25. The van der Waals surface area contributed by atoms with E-state index in [2.05, 4.69) is 25.6 Å². The summed E-state index contributed by atoms with van der Waals surface area (Å²) in [6.45, 7) is 3.03. The number of thiazole rings is 1. The van der Waals surface area contributed by atoms with Crippen LogP contribution in [0.3, 0.4) is 0 Å². The molecule has 0 spiro atoms. The standard InChI is InChI=1S/C24H19F2N7O3S2/c25-14-9-15(26)11-16(10-14)36-22-4-3-20-29-30-24(33(20)31-22)37-17-1-2-18-19(12-17)38-23(27-18)28-21(34)13-32-5-7-35-8-6-32/h1-4,9-12H,5-8,13H2,(H,27,28,34). The number of nitrogens with zero attached hydrogens (tertiary/aromatic N) is 6. The van der Waals surface area contributed by atoms with E-state index in [9.17, 15) is 13.6 Å². The lowest BCUT2D eigenvalue weighted by Crippen LogP contribution is -2.41. The average molecular weight is 556 g/mol. The number of fused-ring (bicyclic) bond motifs is 2. The maximum atomic E-state index is 13.5. The van der Waals surface area contributed by atoms with Gasteiger partial charge in [-0.05, 0) is 36.0 Å². The molecule has 1 saturated heterocycles. The van der Waals surface area contributed by atoms with Crippen LogP contribution in [0.15, 0.2) is 58.6 Å². The summed E-state index contributed by atoms with van der Waals surface area (Å²) in [4.78, 5) is 19.9. The molecule has 14 heteroatoms. The van der Waals surface area contributed by atoms with Crippen molar-refractivity contribution in [1.29, 1.82) is 0 Å². The Kier molecular flexibility index (Phi) is 6.84. The van der Waals surface area contributed by atoms with Crippen LogP contribution in [0.4, 0.5) is 13.9 Å². The van der Waals surface area contributed by atoms with Crippen LogP contribution in [0, 0.1) is 11.6 Å². The van der Waals surface area contributed by atoms with Crippen molar-refractivity contribution in [2.24, 2.45) is 0 Å². The third-order valence-electron chi connectivity index (χ3n) is 5.55.